The van der Waals surface area contributed by atoms with Crippen LogP contribution < -0.4 is 16.0 Å². The molecule has 0 aliphatic rings. The lowest BCUT2D eigenvalue weighted by atomic mass is 9.96. The van der Waals surface area contributed by atoms with Gasteiger partial charge in [0.25, 0.3) is 5.91 Å². The molecule has 11 heteroatoms. The standard InChI is InChI=1S/C32H38N6O5/c1-20-11-13-23(14-12-20)19-33-28(39)24(16-15-22-9-7-6-8-10-22)34-29(40)25(35-30(41)26-17-21(2)42-37-26)18-27-36-31(38-43-27)32(3,4)5/h6-14,17,24-25H,15-16,18-19H2,1-5H3,(H,33,39)(H,34,40)(H,35,41)/t24-,25-/m0/s1. The number of hydrogen-bond donors (Lipinski definition) is 3. The lowest BCUT2D eigenvalue weighted by molar-refractivity contribution is -0.130. The molecule has 4 rings (SSSR count). The van der Waals surface area contributed by atoms with E-state index in [-0.39, 0.29) is 29.3 Å². The van der Waals surface area contributed by atoms with Crippen LogP contribution in [0.3, 0.4) is 0 Å². The van der Waals surface area contributed by atoms with Gasteiger partial charge in [0.2, 0.25) is 17.7 Å². The quantitative estimate of drug-likeness (QED) is 0.227. The first-order valence-corrected chi connectivity index (χ1v) is 14.2. The number of aromatic nitrogens is 3. The van der Waals surface area contributed by atoms with Crippen molar-refractivity contribution in [1.82, 2.24) is 31.2 Å². The lowest BCUT2D eigenvalue weighted by Gasteiger charge is -2.22. The van der Waals surface area contributed by atoms with Crippen molar-refractivity contribution in [2.24, 2.45) is 0 Å². The minimum Gasteiger partial charge on any atom is -0.361 e. The predicted octanol–water partition coefficient (Wildman–Crippen LogP) is 3.75. The smallest absolute Gasteiger partial charge is 0.274 e. The van der Waals surface area contributed by atoms with Gasteiger partial charge in [-0.25, -0.2) is 0 Å². The molecule has 226 valence electrons. The van der Waals surface area contributed by atoms with Gasteiger partial charge in [-0.2, -0.15) is 4.98 Å². The van der Waals surface area contributed by atoms with Crippen LogP contribution in [0.2, 0.25) is 0 Å². The minimum absolute atomic E-state index is 0.0210. The largest absolute Gasteiger partial charge is 0.361 e. The molecule has 0 saturated heterocycles. The summed E-state index contributed by atoms with van der Waals surface area (Å²) >= 11 is 0. The van der Waals surface area contributed by atoms with Crippen molar-refractivity contribution >= 4 is 17.7 Å². The van der Waals surface area contributed by atoms with Gasteiger partial charge in [-0.05, 0) is 37.8 Å². The van der Waals surface area contributed by atoms with Gasteiger partial charge in [0.05, 0.1) is 6.42 Å². The molecule has 0 aliphatic carbocycles. The number of hydrogen-bond acceptors (Lipinski definition) is 8. The van der Waals surface area contributed by atoms with Gasteiger partial charge >= 0.3 is 0 Å². The van der Waals surface area contributed by atoms with Crippen LogP contribution in [0, 0.1) is 13.8 Å². The monoisotopic (exact) mass is 586 g/mol. The van der Waals surface area contributed by atoms with Gasteiger partial charge in [-0.1, -0.05) is 91.2 Å². The van der Waals surface area contributed by atoms with Crippen molar-refractivity contribution in [2.75, 3.05) is 0 Å². The van der Waals surface area contributed by atoms with Gasteiger partial charge in [-0.15, -0.1) is 0 Å². The highest BCUT2D eigenvalue weighted by molar-refractivity contribution is 5.97. The fourth-order valence-corrected chi connectivity index (χ4v) is 4.25. The molecular weight excluding hydrogens is 548 g/mol. The topological polar surface area (TPSA) is 152 Å². The third-order valence-corrected chi connectivity index (χ3v) is 6.78. The molecule has 2 aromatic carbocycles. The molecule has 0 saturated carbocycles. The zero-order chi connectivity index (χ0) is 31.0. The molecule has 0 spiro atoms. The first-order chi connectivity index (χ1) is 20.5. The first kappa shape index (κ1) is 31.1. The summed E-state index contributed by atoms with van der Waals surface area (Å²) in [6.07, 6.45) is 0.804. The van der Waals surface area contributed by atoms with Crippen molar-refractivity contribution in [3.05, 3.63) is 101 Å². The van der Waals surface area contributed by atoms with Crippen molar-refractivity contribution in [1.29, 1.82) is 0 Å². The number of carbonyl (C=O) groups excluding carboxylic acids is 3. The van der Waals surface area contributed by atoms with Crippen LogP contribution in [-0.4, -0.2) is 45.1 Å². The number of nitrogens with one attached hydrogen (secondary N) is 3. The fourth-order valence-electron chi connectivity index (χ4n) is 4.25. The van der Waals surface area contributed by atoms with Gasteiger partial charge in [0.15, 0.2) is 11.5 Å². The van der Waals surface area contributed by atoms with Crippen molar-refractivity contribution in [3.8, 4) is 0 Å². The summed E-state index contributed by atoms with van der Waals surface area (Å²) in [5.74, 6) is -0.438. The Bertz CT molecular complexity index is 1520. The van der Waals surface area contributed by atoms with Crippen molar-refractivity contribution in [2.45, 2.75) is 77.9 Å². The number of nitrogens with zero attached hydrogens (tertiary/aromatic N) is 3. The second-order valence-corrected chi connectivity index (χ2v) is 11.6. The molecule has 0 unspecified atom stereocenters. The summed E-state index contributed by atoms with van der Waals surface area (Å²) in [4.78, 5) is 44.5. The summed E-state index contributed by atoms with van der Waals surface area (Å²) in [6.45, 7) is 9.77. The molecular formula is C32H38N6O5. The Morgan fingerprint density at radius 2 is 1.56 bits per heavy atom. The molecule has 0 bridgehead atoms. The van der Waals surface area contributed by atoms with Crippen LogP contribution in [0.5, 0.6) is 0 Å². The Morgan fingerprint density at radius 3 is 2.19 bits per heavy atom. The second kappa shape index (κ2) is 13.9. The Morgan fingerprint density at radius 1 is 0.837 bits per heavy atom. The fraction of sp³-hybridized carbons (Fsp3) is 0.375. The number of rotatable bonds is 12. The summed E-state index contributed by atoms with van der Waals surface area (Å²) in [5, 5.41) is 16.3. The molecule has 2 atom stereocenters. The highest BCUT2D eigenvalue weighted by Gasteiger charge is 2.30. The molecule has 3 N–H and O–H groups in total. The summed E-state index contributed by atoms with van der Waals surface area (Å²) in [7, 11) is 0. The van der Waals surface area contributed by atoms with E-state index in [1.54, 1.807) is 6.92 Å². The van der Waals surface area contributed by atoms with E-state index in [0.717, 1.165) is 16.7 Å². The second-order valence-electron chi connectivity index (χ2n) is 11.6. The zero-order valence-electron chi connectivity index (χ0n) is 25.1. The van der Waals surface area contributed by atoms with Gasteiger partial charge in [-0.3, -0.25) is 14.4 Å². The highest BCUT2D eigenvalue weighted by Crippen LogP contribution is 2.19. The number of aryl methyl sites for hydroxylation is 3. The van der Waals surface area contributed by atoms with Crippen LogP contribution in [0.4, 0.5) is 0 Å². The van der Waals surface area contributed by atoms with Crippen molar-refractivity contribution in [3.63, 3.8) is 0 Å². The minimum atomic E-state index is -1.14. The molecule has 43 heavy (non-hydrogen) atoms. The van der Waals surface area contributed by atoms with E-state index >= 15 is 0 Å². The average Bonchev–Trinajstić information content (AvgIpc) is 3.64. The Balaban J connectivity index is 1.53. The SMILES string of the molecule is Cc1ccc(CNC(=O)[C@H](CCc2ccccc2)NC(=O)[C@H](Cc2nc(C(C)(C)C)no2)NC(=O)c2cc(C)on2)cc1. The normalized spacial score (nSPS) is 12.8. The summed E-state index contributed by atoms with van der Waals surface area (Å²) < 4.78 is 10.4. The molecule has 4 aromatic rings. The van der Waals surface area contributed by atoms with Crippen LogP contribution in [0.25, 0.3) is 0 Å². The Kier molecular flexibility index (Phi) is 10.1. The van der Waals surface area contributed by atoms with Crippen LogP contribution in [-0.2, 0) is 34.4 Å². The number of carbonyl (C=O) groups is 3. The Labute approximate surface area is 250 Å². The van der Waals surface area contributed by atoms with E-state index in [4.69, 9.17) is 9.05 Å². The van der Waals surface area contributed by atoms with E-state index in [9.17, 15) is 14.4 Å². The van der Waals surface area contributed by atoms with Crippen LogP contribution in [0.15, 0.2) is 69.7 Å². The maximum absolute atomic E-state index is 13.7. The molecule has 11 nitrogen and oxygen atoms in total. The molecule has 0 radical (unpaired) electrons. The molecule has 2 aromatic heterocycles. The Hall–Kier alpha value is -4.80. The molecule has 3 amide bonds. The predicted molar refractivity (Wildman–Crippen MR) is 159 cm³/mol. The first-order valence-electron chi connectivity index (χ1n) is 14.2. The zero-order valence-corrected chi connectivity index (χ0v) is 25.1. The third kappa shape index (κ3) is 9.09. The molecule has 0 fully saturated rings. The number of amides is 3. The van der Waals surface area contributed by atoms with Crippen LogP contribution >= 0.6 is 0 Å². The average molecular weight is 587 g/mol. The highest BCUT2D eigenvalue weighted by atomic mass is 16.5. The molecule has 2 heterocycles. The summed E-state index contributed by atoms with van der Waals surface area (Å²) in [6, 6.07) is 17.0. The maximum Gasteiger partial charge on any atom is 0.274 e. The van der Waals surface area contributed by atoms with E-state index in [1.807, 2.05) is 82.3 Å². The van der Waals surface area contributed by atoms with Crippen molar-refractivity contribution < 1.29 is 23.4 Å². The maximum atomic E-state index is 13.7. The summed E-state index contributed by atoms with van der Waals surface area (Å²) in [5.41, 5.74) is 2.73. The lowest BCUT2D eigenvalue weighted by Crippen LogP contribution is -2.54. The third-order valence-electron chi connectivity index (χ3n) is 6.78. The van der Waals surface area contributed by atoms with E-state index in [1.165, 1.54) is 6.07 Å². The van der Waals surface area contributed by atoms with Gasteiger partial charge in [0, 0.05) is 18.0 Å². The van der Waals surface area contributed by atoms with E-state index in [0.29, 0.717) is 31.0 Å². The van der Waals surface area contributed by atoms with E-state index in [2.05, 4.69) is 31.2 Å². The van der Waals surface area contributed by atoms with Gasteiger partial charge in [0.1, 0.15) is 17.8 Å². The molecule has 0 aliphatic heterocycles. The van der Waals surface area contributed by atoms with Crippen LogP contribution in [0.1, 0.15) is 71.8 Å². The van der Waals surface area contributed by atoms with E-state index < -0.39 is 23.9 Å². The van der Waals surface area contributed by atoms with Gasteiger partial charge < -0.3 is 25.0 Å². The number of benzene rings is 2.